The van der Waals surface area contributed by atoms with Gasteiger partial charge in [-0.05, 0) is 30.5 Å². The molecule has 4 rings (SSSR count). The molecule has 10 heteroatoms. The first-order chi connectivity index (χ1) is 13.5. The smallest absolute Gasteiger partial charge is 0.394 e. The van der Waals surface area contributed by atoms with Gasteiger partial charge in [-0.25, -0.2) is 15.0 Å². The molecule has 28 heavy (non-hydrogen) atoms. The summed E-state index contributed by atoms with van der Waals surface area (Å²) in [6.45, 7) is 0.122. The lowest BCUT2D eigenvalue weighted by Crippen LogP contribution is -2.14. The molecule has 2 atom stereocenters. The van der Waals surface area contributed by atoms with E-state index in [1.165, 1.54) is 12.4 Å². The Morgan fingerprint density at radius 3 is 2.82 bits per heavy atom. The third kappa shape index (κ3) is 3.65. The van der Waals surface area contributed by atoms with Gasteiger partial charge in [-0.1, -0.05) is 12.1 Å². The Bertz CT molecular complexity index is 975. The number of aromatic nitrogens is 4. The summed E-state index contributed by atoms with van der Waals surface area (Å²) in [5.41, 5.74) is 0.849. The average Bonchev–Trinajstić information content (AvgIpc) is 3.32. The highest BCUT2D eigenvalue weighted by Gasteiger charge is 2.30. The maximum atomic E-state index is 12.9. The van der Waals surface area contributed by atoms with Crippen LogP contribution in [-0.4, -0.2) is 37.3 Å². The molecule has 0 saturated carbocycles. The maximum absolute atomic E-state index is 12.9. The van der Waals surface area contributed by atoms with Crippen molar-refractivity contribution in [1.29, 1.82) is 0 Å². The van der Waals surface area contributed by atoms with Crippen LogP contribution in [0.3, 0.4) is 0 Å². The number of hydrogen-bond acceptors (Lipinski definition) is 6. The molecule has 7 nitrogen and oxygen atoms in total. The number of alkyl halides is 3. The topological polar surface area (TPSA) is 85.1 Å². The van der Waals surface area contributed by atoms with Crippen molar-refractivity contribution in [1.82, 2.24) is 19.5 Å². The van der Waals surface area contributed by atoms with Gasteiger partial charge in [0.15, 0.2) is 17.0 Å². The summed E-state index contributed by atoms with van der Waals surface area (Å²) in [5, 5.41) is 12.3. The van der Waals surface area contributed by atoms with Crippen LogP contribution in [0.5, 0.6) is 0 Å². The Hall–Kier alpha value is -2.72. The van der Waals surface area contributed by atoms with Crippen LogP contribution in [0, 0.1) is 0 Å². The standard InChI is InChI=1S/C18H18F3N5O2/c19-18(20,21)12-3-1-2-11(6-12)7-22-16-15-17(24-9-23-16)26(10-25-15)14-5-4-13(8-27)28-14/h1-3,6,9-10,13-14,27H,4-5,7-8H2,(H,22,23,24). The normalized spacial score (nSPS) is 20.0. The highest BCUT2D eigenvalue weighted by atomic mass is 19.4. The van der Waals surface area contributed by atoms with Crippen molar-refractivity contribution in [2.75, 3.05) is 11.9 Å². The maximum Gasteiger partial charge on any atom is 0.416 e. The molecule has 148 valence electrons. The number of rotatable bonds is 5. The molecule has 2 aromatic heterocycles. The van der Waals surface area contributed by atoms with Crippen LogP contribution < -0.4 is 5.32 Å². The average molecular weight is 393 g/mol. The number of halogens is 3. The molecular weight excluding hydrogens is 375 g/mol. The highest BCUT2D eigenvalue weighted by Crippen LogP contribution is 2.32. The number of hydrogen-bond donors (Lipinski definition) is 2. The Morgan fingerprint density at radius 1 is 1.21 bits per heavy atom. The van der Waals surface area contributed by atoms with Crippen molar-refractivity contribution >= 4 is 17.0 Å². The van der Waals surface area contributed by atoms with E-state index in [-0.39, 0.29) is 25.5 Å². The Labute approximate surface area is 158 Å². The minimum absolute atomic E-state index is 0.0398. The van der Waals surface area contributed by atoms with Crippen molar-refractivity contribution < 1.29 is 23.0 Å². The lowest BCUT2D eigenvalue weighted by atomic mass is 10.1. The van der Waals surface area contributed by atoms with Gasteiger partial charge in [-0.15, -0.1) is 0 Å². The van der Waals surface area contributed by atoms with Crippen molar-refractivity contribution in [3.63, 3.8) is 0 Å². The number of fused-ring (bicyclic) bond motifs is 1. The van der Waals surface area contributed by atoms with Crippen LogP contribution in [0.15, 0.2) is 36.9 Å². The summed E-state index contributed by atoms with van der Waals surface area (Å²) < 4.78 is 46.1. The summed E-state index contributed by atoms with van der Waals surface area (Å²) in [6, 6.07) is 5.13. The van der Waals surface area contributed by atoms with E-state index in [1.54, 1.807) is 17.0 Å². The second-order valence-corrected chi connectivity index (χ2v) is 6.57. The SMILES string of the molecule is OCC1CCC(n2cnc3c(NCc4cccc(C(F)(F)F)c4)ncnc32)O1. The molecule has 3 heterocycles. The minimum atomic E-state index is -4.38. The quantitative estimate of drug-likeness (QED) is 0.693. The van der Waals surface area contributed by atoms with Crippen molar-refractivity contribution in [2.24, 2.45) is 0 Å². The molecular formula is C18H18F3N5O2. The highest BCUT2D eigenvalue weighted by molar-refractivity contribution is 5.82. The summed E-state index contributed by atoms with van der Waals surface area (Å²) in [6.07, 6.45) is -0.423. The van der Waals surface area contributed by atoms with Gasteiger partial charge in [-0.2, -0.15) is 13.2 Å². The molecule has 0 aliphatic carbocycles. The third-order valence-electron chi connectivity index (χ3n) is 4.67. The van der Waals surface area contributed by atoms with Gasteiger partial charge in [0.1, 0.15) is 12.6 Å². The molecule has 2 N–H and O–H groups in total. The van der Waals surface area contributed by atoms with Gasteiger partial charge in [0.05, 0.1) is 24.6 Å². The van der Waals surface area contributed by atoms with Crippen LogP contribution in [-0.2, 0) is 17.5 Å². The molecule has 1 aliphatic heterocycles. The van der Waals surface area contributed by atoms with Gasteiger partial charge in [0.25, 0.3) is 0 Å². The number of imidazole rings is 1. The zero-order valence-electron chi connectivity index (χ0n) is 14.7. The number of nitrogens with one attached hydrogen (secondary N) is 1. The largest absolute Gasteiger partial charge is 0.416 e. The van der Waals surface area contributed by atoms with Gasteiger partial charge in [0.2, 0.25) is 0 Å². The Kier molecular flexibility index (Phi) is 4.90. The molecule has 0 bridgehead atoms. The second kappa shape index (κ2) is 7.36. The number of nitrogens with zero attached hydrogens (tertiary/aromatic N) is 4. The zero-order chi connectivity index (χ0) is 19.7. The fourth-order valence-electron chi connectivity index (χ4n) is 3.26. The molecule has 0 amide bonds. The number of anilines is 1. The van der Waals surface area contributed by atoms with E-state index in [9.17, 15) is 18.3 Å². The van der Waals surface area contributed by atoms with Crippen molar-refractivity contribution in [3.8, 4) is 0 Å². The van der Waals surface area contributed by atoms with E-state index in [2.05, 4.69) is 20.3 Å². The molecule has 1 fully saturated rings. The lowest BCUT2D eigenvalue weighted by Gasteiger charge is -2.14. The monoisotopic (exact) mass is 393 g/mol. The van der Waals surface area contributed by atoms with E-state index >= 15 is 0 Å². The molecule has 2 unspecified atom stereocenters. The molecule has 1 aliphatic rings. The van der Waals surface area contributed by atoms with Crippen LogP contribution in [0.4, 0.5) is 19.0 Å². The molecule has 0 radical (unpaired) electrons. The summed E-state index contributed by atoms with van der Waals surface area (Å²) in [7, 11) is 0. The first kappa shape index (κ1) is 18.6. The Balaban J connectivity index is 1.54. The fraction of sp³-hybridized carbons (Fsp3) is 0.389. The minimum Gasteiger partial charge on any atom is -0.394 e. The predicted molar refractivity (Wildman–Crippen MR) is 94.3 cm³/mol. The lowest BCUT2D eigenvalue weighted by molar-refractivity contribution is -0.137. The Morgan fingerprint density at radius 2 is 2.07 bits per heavy atom. The summed E-state index contributed by atoms with van der Waals surface area (Å²) >= 11 is 0. The number of benzene rings is 1. The first-order valence-corrected chi connectivity index (χ1v) is 8.79. The molecule has 3 aromatic rings. The summed E-state index contributed by atoms with van der Waals surface area (Å²) in [5.74, 6) is 0.429. The molecule has 1 aromatic carbocycles. The van der Waals surface area contributed by atoms with Gasteiger partial charge >= 0.3 is 6.18 Å². The van der Waals surface area contributed by atoms with Crippen LogP contribution in [0.25, 0.3) is 11.2 Å². The fourth-order valence-corrected chi connectivity index (χ4v) is 3.26. The van der Waals surface area contributed by atoms with E-state index in [4.69, 9.17) is 4.74 Å². The predicted octanol–water partition coefficient (Wildman–Crippen LogP) is 3.13. The number of ether oxygens (including phenoxy) is 1. The first-order valence-electron chi connectivity index (χ1n) is 8.79. The van der Waals surface area contributed by atoms with Crippen LogP contribution >= 0.6 is 0 Å². The summed E-state index contributed by atoms with van der Waals surface area (Å²) in [4.78, 5) is 12.8. The van der Waals surface area contributed by atoms with Crippen molar-refractivity contribution in [2.45, 2.75) is 37.9 Å². The van der Waals surface area contributed by atoms with Gasteiger partial charge in [-0.3, -0.25) is 4.57 Å². The van der Waals surface area contributed by atoms with E-state index in [0.717, 1.165) is 25.0 Å². The molecule has 1 saturated heterocycles. The van der Waals surface area contributed by atoms with E-state index < -0.39 is 11.7 Å². The van der Waals surface area contributed by atoms with Crippen molar-refractivity contribution in [3.05, 3.63) is 48.0 Å². The third-order valence-corrected chi connectivity index (χ3v) is 4.67. The number of aliphatic hydroxyl groups excluding tert-OH is 1. The van der Waals surface area contributed by atoms with Crippen LogP contribution in [0.2, 0.25) is 0 Å². The number of aliphatic hydroxyl groups is 1. The van der Waals surface area contributed by atoms with Crippen LogP contribution in [0.1, 0.15) is 30.2 Å². The van der Waals surface area contributed by atoms with E-state index in [0.29, 0.717) is 22.5 Å². The van der Waals surface area contributed by atoms with Gasteiger partial charge < -0.3 is 15.2 Å². The molecule has 0 spiro atoms. The van der Waals surface area contributed by atoms with E-state index in [1.807, 2.05) is 0 Å². The second-order valence-electron chi connectivity index (χ2n) is 6.57. The van der Waals surface area contributed by atoms with Gasteiger partial charge in [0, 0.05) is 6.54 Å². The zero-order valence-corrected chi connectivity index (χ0v) is 14.7.